The Kier molecular flexibility index (Phi) is 6.81. The molecule has 8 nitrogen and oxygen atoms in total. The fraction of sp³-hybridized carbons (Fsp3) is 0.389. The molecule has 0 fully saturated rings. The monoisotopic (exact) mass is 393 g/mol. The average Bonchev–Trinajstić information content (AvgIpc) is 3.05. The lowest BCUT2D eigenvalue weighted by atomic mass is 10.1. The average molecular weight is 394 g/mol. The lowest BCUT2D eigenvalue weighted by Crippen LogP contribution is -2.28. The number of hydrogen-bond donors (Lipinski definition) is 3. The molecule has 3 rings (SSSR count). The van der Waals surface area contributed by atoms with E-state index >= 15 is 0 Å². The van der Waals surface area contributed by atoms with Gasteiger partial charge in [-0.25, -0.2) is 0 Å². The molecule has 0 radical (unpaired) electrons. The van der Waals surface area contributed by atoms with Gasteiger partial charge >= 0.3 is 0 Å². The van der Waals surface area contributed by atoms with E-state index in [1.165, 1.54) is 4.90 Å². The number of likely N-dealkylation sites (N-methyl/N-ethyl adjacent to an activating group) is 1. The predicted molar refractivity (Wildman–Crippen MR) is 105 cm³/mol. The highest BCUT2D eigenvalue weighted by Crippen LogP contribution is 2.27. The number of anilines is 1. The number of nitrogens with one attached hydrogen (secondary N) is 3. The Morgan fingerprint density at radius 1 is 1.33 bits per heavy atom. The maximum absolute atomic E-state index is 12.7. The second kappa shape index (κ2) is 8.88. The van der Waals surface area contributed by atoms with Crippen molar-refractivity contribution in [1.29, 1.82) is 0 Å². The molecule has 2 amide bonds. The molecule has 9 heteroatoms. The smallest absolute Gasteiger partial charge is 0.276 e. The number of rotatable bonds is 5. The Labute approximate surface area is 164 Å². The van der Waals surface area contributed by atoms with E-state index in [-0.39, 0.29) is 30.8 Å². The quantitative estimate of drug-likeness (QED) is 0.715. The van der Waals surface area contributed by atoms with Gasteiger partial charge in [0.25, 0.3) is 11.8 Å². The van der Waals surface area contributed by atoms with E-state index in [0.717, 1.165) is 29.8 Å². The van der Waals surface area contributed by atoms with Crippen LogP contribution in [0.3, 0.4) is 0 Å². The zero-order valence-electron chi connectivity index (χ0n) is 15.6. The van der Waals surface area contributed by atoms with Crippen LogP contribution in [0.2, 0.25) is 0 Å². The van der Waals surface area contributed by atoms with Crippen molar-refractivity contribution in [2.75, 3.05) is 32.6 Å². The van der Waals surface area contributed by atoms with E-state index in [2.05, 4.69) is 20.8 Å². The summed E-state index contributed by atoms with van der Waals surface area (Å²) in [6, 6.07) is 5.43. The molecule has 0 aliphatic carbocycles. The number of halogens is 1. The first-order chi connectivity index (χ1) is 12.5. The lowest BCUT2D eigenvalue weighted by Gasteiger charge is -2.16. The van der Waals surface area contributed by atoms with Gasteiger partial charge in [-0.2, -0.15) is 5.10 Å². The highest BCUT2D eigenvalue weighted by molar-refractivity contribution is 6.04. The molecule has 0 saturated heterocycles. The van der Waals surface area contributed by atoms with Crippen molar-refractivity contribution in [3.63, 3.8) is 0 Å². The zero-order valence-corrected chi connectivity index (χ0v) is 16.4. The van der Waals surface area contributed by atoms with Crippen LogP contribution in [-0.2, 0) is 17.8 Å². The van der Waals surface area contributed by atoms with Crippen LogP contribution in [0.1, 0.15) is 27.3 Å². The summed E-state index contributed by atoms with van der Waals surface area (Å²) in [4.78, 5) is 25.9. The molecule has 0 atom stereocenters. The molecule has 146 valence electrons. The second-order valence-corrected chi connectivity index (χ2v) is 6.49. The van der Waals surface area contributed by atoms with Crippen LogP contribution < -0.4 is 15.4 Å². The molecule has 2 heterocycles. The molecule has 1 aromatic carbocycles. The van der Waals surface area contributed by atoms with Gasteiger partial charge in [0.15, 0.2) is 12.3 Å². The molecule has 0 saturated carbocycles. The molecule has 0 spiro atoms. The molecule has 1 aromatic heterocycles. The summed E-state index contributed by atoms with van der Waals surface area (Å²) in [6.07, 6.45) is 0.821. The Balaban J connectivity index is 0.00000261. The first-order valence-corrected chi connectivity index (χ1v) is 8.47. The third kappa shape index (κ3) is 4.78. The number of carbonyl (C=O) groups excluding carboxylic acids is 2. The Hall–Kier alpha value is -2.58. The van der Waals surface area contributed by atoms with Gasteiger partial charge in [0, 0.05) is 44.9 Å². The fourth-order valence-electron chi connectivity index (χ4n) is 2.72. The fourth-order valence-corrected chi connectivity index (χ4v) is 2.72. The second-order valence-electron chi connectivity index (χ2n) is 6.49. The number of aromatic amines is 1. The molecular weight excluding hydrogens is 370 g/mol. The minimum absolute atomic E-state index is 0. The van der Waals surface area contributed by atoms with Gasteiger partial charge in [-0.15, -0.1) is 12.4 Å². The molecule has 0 bridgehead atoms. The van der Waals surface area contributed by atoms with Gasteiger partial charge in [0.2, 0.25) is 0 Å². The molecule has 1 aliphatic rings. The molecule has 2 aromatic rings. The van der Waals surface area contributed by atoms with Gasteiger partial charge < -0.3 is 20.3 Å². The van der Waals surface area contributed by atoms with E-state index in [4.69, 9.17) is 4.74 Å². The molecule has 3 N–H and O–H groups in total. The van der Waals surface area contributed by atoms with Crippen LogP contribution >= 0.6 is 12.4 Å². The topological polar surface area (TPSA) is 99.4 Å². The summed E-state index contributed by atoms with van der Waals surface area (Å²) in [5, 5.41) is 13.2. The molecule has 0 unspecified atom stereocenters. The van der Waals surface area contributed by atoms with Crippen molar-refractivity contribution in [3.8, 4) is 5.75 Å². The first kappa shape index (κ1) is 20.7. The van der Waals surface area contributed by atoms with Crippen LogP contribution in [0.25, 0.3) is 0 Å². The van der Waals surface area contributed by atoms with E-state index in [0.29, 0.717) is 23.7 Å². The van der Waals surface area contributed by atoms with Gasteiger partial charge in [0.1, 0.15) is 5.75 Å². The SMILES string of the molecule is Cc1ccc(NC(=O)c2n[nH]c3c2CNCC3)c(OCC(=O)N(C)C)c1.Cl. The molecule has 27 heavy (non-hydrogen) atoms. The maximum atomic E-state index is 12.7. The van der Waals surface area contributed by atoms with Crippen LogP contribution in [0.5, 0.6) is 5.75 Å². The maximum Gasteiger partial charge on any atom is 0.276 e. The number of ether oxygens (including phenoxy) is 1. The largest absolute Gasteiger partial charge is 0.482 e. The lowest BCUT2D eigenvalue weighted by molar-refractivity contribution is -0.130. The summed E-state index contributed by atoms with van der Waals surface area (Å²) >= 11 is 0. The van der Waals surface area contributed by atoms with E-state index in [1.54, 1.807) is 26.2 Å². The van der Waals surface area contributed by atoms with Crippen LogP contribution in [0.4, 0.5) is 5.69 Å². The van der Waals surface area contributed by atoms with E-state index in [1.807, 2.05) is 13.0 Å². The summed E-state index contributed by atoms with van der Waals surface area (Å²) < 4.78 is 5.63. The standard InChI is InChI=1S/C18H23N5O3.ClH/c1-11-4-5-14(15(8-11)26-10-16(24)23(2)3)20-18(25)17-12-9-19-7-6-13(12)21-22-17;/h4-5,8,19H,6-7,9-10H2,1-3H3,(H,20,25)(H,21,22);1H. The summed E-state index contributed by atoms with van der Waals surface area (Å²) in [6.45, 7) is 3.30. The summed E-state index contributed by atoms with van der Waals surface area (Å²) in [7, 11) is 3.33. The summed E-state index contributed by atoms with van der Waals surface area (Å²) in [5.74, 6) is -0.00820. The van der Waals surface area contributed by atoms with E-state index in [9.17, 15) is 9.59 Å². The first-order valence-electron chi connectivity index (χ1n) is 8.47. The normalized spacial score (nSPS) is 12.6. The van der Waals surface area contributed by atoms with Crippen LogP contribution in [-0.4, -0.2) is 54.2 Å². The highest BCUT2D eigenvalue weighted by Gasteiger charge is 2.22. The Bertz CT molecular complexity index is 834. The number of aromatic nitrogens is 2. The molecule has 1 aliphatic heterocycles. The van der Waals surface area contributed by atoms with Crippen LogP contribution in [0, 0.1) is 6.92 Å². The minimum atomic E-state index is -0.307. The number of hydrogen-bond acceptors (Lipinski definition) is 5. The van der Waals surface area contributed by atoms with Gasteiger partial charge in [-0.3, -0.25) is 14.7 Å². The minimum Gasteiger partial charge on any atom is -0.482 e. The number of nitrogens with zero attached hydrogens (tertiary/aromatic N) is 2. The van der Waals surface area contributed by atoms with Gasteiger partial charge in [0.05, 0.1) is 5.69 Å². The van der Waals surface area contributed by atoms with E-state index < -0.39 is 0 Å². The Morgan fingerprint density at radius 2 is 2.11 bits per heavy atom. The highest BCUT2D eigenvalue weighted by atomic mass is 35.5. The van der Waals surface area contributed by atoms with Gasteiger partial charge in [-0.1, -0.05) is 6.07 Å². The number of aryl methyl sites for hydroxylation is 1. The van der Waals surface area contributed by atoms with Crippen molar-refractivity contribution in [2.24, 2.45) is 0 Å². The number of amides is 2. The summed E-state index contributed by atoms with van der Waals surface area (Å²) in [5.41, 5.74) is 3.74. The van der Waals surface area contributed by atoms with Crippen molar-refractivity contribution < 1.29 is 14.3 Å². The number of benzene rings is 1. The molecular formula is C18H24ClN5O3. The van der Waals surface area contributed by atoms with Crippen LogP contribution in [0.15, 0.2) is 18.2 Å². The Morgan fingerprint density at radius 3 is 2.85 bits per heavy atom. The van der Waals surface area contributed by atoms with Gasteiger partial charge in [-0.05, 0) is 24.6 Å². The number of H-pyrrole nitrogens is 1. The number of carbonyl (C=O) groups is 2. The zero-order chi connectivity index (χ0) is 18.7. The van der Waals surface area contributed by atoms with Crippen molar-refractivity contribution in [3.05, 3.63) is 40.7 Å². The van der Waals surface area contributed by atoms with Crippen molar-refractivity contribution in [2.45, 2.75) is 19.9 Å². The number of fused-ring (bicyclic) bond motifs is 1. The third-order valence-corrected chi connectivity index (χ3v) is 4.26. The van der Waals surface area contributed by atoms with Crippen molar-refractivity contribution in [1.82, 2.24) is 20.4 Å². The van der Waals surface area contributed by atoms with Crippen molar-refractivity contribution >= 4 is 29.9 Å². The third-order valence-electron chi connectivity index (χ3n) is 4.26. The predicted octanol–water partition coefficient (Wildman–Crippen LogP) is 1.50.